The van der Waals surface area contributed by atoms with E-state index in [1.54, 1.807) is 32.0 Å². The van der Waals surface area contributed by atoms with Crippen molar-refractivity contribution in [1.82, 2.24) is 4.72 Å². The van der Waals surface area contributed by atoms with E-state index in [1.165, 1.54) is 12.1 Å². The zero-order valence-corrected chi connectivity index (χ0v) is 17.6. The molecule has 0 aliphatic heterocycles. The number of carbonyl (C=O) groups excluding carboxylic acids is 1. The van der Waals surface area contributed by atoms with Crippen LogP contribution in [0.25, 0.3) is 0 Å². The minimum atomic E-state index is -4.02. The summed E-state index contributed by atoms with van der Waals surface area (Å²) in [7, 11) is -4.02. The molecule has 0 saturated carbocycles. The molecule has 6 nitrogen and oxygen atoms in total. The van der Waals surface area contributed by atoms with Crippen LogP contribution < -0.4 is 9.46 Å². The normalized spacial score (nSPS) is 12.4. The molecule has 0 aliphatic rings. The van der Waals surface area contributed by atoms with Gasteiger partial charge in [0.25, 0.3) is 0 Å². The number of rotatable bonds is 9. The molecule has 2 aromatic rings. The summed E-state index contributed by atoms with van der Waals surface area (Å²) in [6.45, 7) is 5.90. The predicted molar refractivity (Wildman–Crippen MR) is 108 cm³/mol. The van der Waals surface area contributed by atoms with Crippen molar-refractivity contribution in [1.29, 1.82) is 0 Å². The largest absolute Gasteiger partial charge is 0.492 e. The minimum absolute atomic E-state index is 0.0807. The molecule has 152 valence electrons. The third-order valence-corrected chi connectivity index (χ3v) is 5.68. The second-order valence-electron chi connectivity index (χ2n) is 6.12. The lowest BCUT2D eigenvalue weighted by Gasteiger charge is -2.20. The fraction of sp³-hybridized carbons (Fsp3) is 0.350. The minimum Gasteiger partial charge on any atom is -0.492 e. The number of ether oxygens (including phenoxy) is 2. The first kappa shape index (κ1) is 22.2. The van der Waals surface area contributed by atoms with Crippen molar-refractivity contribution >= 4 is 27.6 Å². The molecule has 0 saturated heterocycles. The lowest BCUT2D eigenvalue weighted by molar-refractivity contribution is -0.143. The van der Waals surface area contributed by atoms with Crippen LogP contribution >= 0.6 is 11.6 Å². The van der Waals surface area contributed by atoms with E-state index in [4.69, 9.17) is 21.1 Å². The summed E-state index contributed by atoms with van der Waals surface area (Å²) in [5, 5.41) is 0.265. The first-order valence-corrected chi connectivity index (χ1v) is 10.8. The zero-order valence-electron chi connectivity index (χ0n) is 16.1. The first-order valence-electron chi connectivity index (χ1n) is 8.93. The second kappa shape index (κ2) is 9.91. The quantitative estimate of drug-likeness (QED) is 0.613. The molecule has 0 bridgehead atoms. The Morgan fingerprint density at radius 1 is 1.11 bits per heavy atom. The van der Waals surface area contributed by atoms with Crippen molar-refractivity contribution in [2.45, 2.75) is 38.1 Å². The molecule has 0 aliphatic carbocycles. The van der Waals surface area contributed by atoms with Crippen LogP contribution in [-0.2, 0) is 19.6 Å². The molecule has 0 radical (unpaired) electrons. The SMILES string of the molecule is CCOC(=O)C[C@@H](NS(=O)(=O)c1cc(Cl)ccc1OCC)c1ccc(C)cc1. The molecule has 28 heavy (non-hydrogen) atoms. The molecular weight excluding hydrogens is 402 g/mol. The van der Waals surface area contributed by atoms with Gasteiger partial charge in [-0.1, -0.05) is 41.4 Å². The maximum absolute atomic E-state index is 13.1. The highest BCUT2D eigenvalue weighted by Gasteiger charge is 2.27. The number of halogens is 1. The van der Waals surface area contributed by atoms with Crippen LogP contribution in [0.1, 0.15) is 37.4 Å². The van der Waals surface area contributed by atoms with Crippen molar-refractivity contribution in [2.75, 3.05) is 13.2 Å². The van der Waals surface area contributed by atoms with E-state index in [-0.39, 0.29) is 28.7 Å². The van der Waals surface area contributed by atoms with Gasteiger partial charge in [-0.3, -0.25) is 4.79 Å². The number of benzene rings is 2. The highest BCUT2D eigenvalue weighted by molar-refractivity contribution is 7.89. The van der Waals surface area contributed by atoms with E-state index in [9.17, 15) is 13.2 Å². The summed E-state index contributed by atoms with van der Waals surface area (Å²) in [4.78, 5) is 12.0. The molecule has 8 heteroatoms. The topological polar surface area (TPSA) is 81.7 Å². The Morgan fingerprint density at radius 2 is 1.79 bits per heavy atom. The van der Waals surface area contributed by atoms with Gasteiger partial charge < -0.3 is 9.47 Å². The van der Waals surface area contributed by atoms with Gasteiger partial charge in [0.05, 0.1) is 25.7 Å². The van der Waals surface area contributed by atoms with Gasteiger partial charge in [-0.25, -0.2) is 13.1 Å². The zero-order chi connectivity index (χ0) is 20.7. The maximum atomic E-state index is 13.1. The highest BCUT2D eigenvalue weighted by atomic mass is 35.5. The Bertz CT molecular complexity index is 913. The Kier molecular flexibility index (Phi) is 7.86. The van der Waals surface area contributed by atoms with Gasteiger partial charge in [0.2, 0.25) is 10.0 Å². The molecule has 0 fully saturated rings. The summed E-state index contributed by atoms with van der Waals surface area (Å²) in [5.74, 6) is -0.301. The van der Waals surface area contributed by atoms with Gasteiger partial charge in [0.1, 0.15) is 10.6 Å². The first-order chi connectivity index (χ1) is 13.3. The number of carbonyl (C=O) groups is 1. The van der Waals surface area contributed by atoms with Gasteiger partial charge in [0.15, 0.2) is 0 Å². The van der Waals surface area contributed by atoms with Gasteiger partial charge in [0, 0.05) is 5.02 Å². The summed E-state index contributed by atoms with van der Waals surface area (Å²) in [6.07, 6.45) is -0.138. The van der Waals surface area contributed by atoms with Gasteiger partial charge in [-0.05, 0) is 44.5 Å². The molecule has 1 N–H and O–H groups in total. The van der Waals surface area contributed by atoms with E-state index >= 15 is 0 Å². The number of hydrogen-bond acceptors (Lipinski definition) is 5. The van der Waals surface area contributed by atoms with Crippen molar-refractivity contribution in [3.05, 3.63) is 58.6 Å². The average molecular weight is 426 g/mol. The van der Waals surface area contributed by atoms with E-state index in [1.807, 2.05) is 19.1 Å². The highest BCUT2D eigenvalue weighted by Crippen LogP contribution is 2.29. The van der Waals surface area contributed by atoms with Crippen LogP contribution in [0.4, 0.5) is 0 Å². The van der Waals surface area contributed by atoms with Crippen molar-refractivity contribution in [2.24, 2.45) is 0 Å². The maximum Gasteiger partial charge on any atom is 0.307 e. The molecule has 0 spiro atoms. The van der Waals surface area contributed by atoms with Crippen LogP contribution in [0.15, 0.2) is 47.4 Å². The summed E-state index contributed by atoms with van der Waals surface area (Å²) >= 11 is 6.00. The van der Waals surface area contributed by atoms with Crippen LogP contribution in [0.5, 0.6) is 5.75 Å². The molecule has 2 rings (SSSR count). The monoisotopic (exact) mass is 425 g/mol. The lowest BCUT2D eigenvalue weighted by Crippen LogP contribution is -2.31. The number of aryl methyl sites for hydroxylation is 1. The van der Waals surface area contributed by atoms with Crippen LogP contribution in [0.3, 0.4) is 0 Å². The smallest absolute Gasteiger partial charge is 0.307 e. The van der Waals surface area contributed by atoms with Crippen molar-refractivity contribution in [3.63, 3.8) is 0 Å². The van der Waals surface area contributed by atoms with E-state index in [0.29, 0.717) is 12.2 Å². The van der Waals surface area contributed by atoms with E-state index in [0.717, 1.165) is 5.56 Å². The third kappa shape index (κ3) is 5.95. The van der Waals surface area contributed by atoms with E-state index in [2.05, 4.69) is 4.72 Å². The molecular formula is C20H24ClNO5S. The third-order valence-electron chi connectivity index (χ3n) is 3.95. The van der Waals surface area contributed by atoms with Crippen LogP contribution in [-0.4, -0.2) is 27.6 Å². The molecule has 1 atom stereocenters. The molecule has 0 aromatic heterocycles. The summed E-state index contributed by atoms with van der Waals surface area (Å²) in [5.41, 5.74) is 1.68. The lowest BCUT2D eigenvalue weighted by atomic mass is 10.0. The fourth-order valence-electron chi connectivity index (χ4n) is 2.63. The van der Waals surface area contributed by atoms with Gasteiger partial charge in [-0.15, -0.1) is 0 Å². The number of nitrogens with one attached hydrogen (secondary N) is 1. The molecule has 2 aromatic carbocycles. The van der Waals surface area contributed by atoms with Crippen molar-refractivity contribution in [3.8, 4) is 5.75 Å². The Hall–Kier alpha value is -2.09. The summed E-state index contributed by atoms with van der Waals surface area (Å²) in [6, 6.07) is 10.9. The number of sulfonamides is 1. The average Bonchev–Trinajstić information content (AvgIpc) is 2.63. The number of esters is 1. The van der Waals surface area contributed by atoms with Gasteiger partial charge in [-0.2, -0.15) is 0 Å². The Labute approximate surface area is 170 Å². The standard InChI is InChI=1S/C20H24ClNO5S/c1-4-26-18-11-10-16(21)12-19(18)28(24,25)22-17(13-20(23)27-5-2)15-8-6-14(3)7-9-15/h6-12,17,22H,4-5,13H2,1-3H3/t17-/m1/s1. The molecule has 0 amide bonds. The summed E-state index contributed by atoms with van der Waals surface area (Å²) < 4.78 is 39.2. The van der Waals surface area contributed by atoms with E-state index < -0.39 is 22.0 Å². The Morgan fingerprint density at radius 3 is 2.39 bits per heavy atom. The van der Waals surface area contributed by atoms with Crippen molar-refractivity contribution < 1.29 is 22.7 Å². The van der Waals surface area contributed by atoms with Crippen LogP contribution in [0.2, 0.25) is 5.02 Å². The van der Waals surface area contributed by atoms with Gasteiger partial charge >= 0.3 is 5.97 Å². The predicted octanol–water partition coefficient (Wildman–Crippen LogP) is 4.02. The molecule has 0 unspecified atom stereocenters. The second-order valence-corrected chi connectivity index (χ2v) is 8.24. The fourth-order valence-corrected chi connectivity index (χ4v) is 4.26. The van der Waals surface area contributed by atoms with Crippen LogP contribution in [0, 0.1) is 6.92 Å². The molecule has 0 heterocycles. The Balaban J connectivity index is 2.40. The number of hydrogen-bond donors (Lipinski definition) is 1.